The van der Waals surface area contributed by atoms with Gasteiger partial charge in [-0.25, -0.2) is 4.79 Å². The number of nitrogens with zero attached hydrogens (tertiary/aromatic N) is 3. The number of hydrogen-bond acceptors (Lipinski definition) is 5. The van der Waals surface area contributed by atoms with E-state index in [1.54, 1.807) is 6.20 Å². The van der Waals surface area contributed by atoms with Gasteiger partial charge in [-0.05, 0) is 66.7 Å². The first-order valence-corrected chi connectivity index (χ1v) is 10.3. The molecule has 2 unspecified atom stereocenters. The van der Waals surface area contributed by atoms with E-state index in [4.69, 9.17) is 9.88 Å². The predicted octanol–water partition coefficient (Wildman–Crippen LogP) is 2.99. The van der Waals surface area contributed by atoms with Crippen LogP contribution in [0.3, 0.4) is 0 Å². The molecule has 2 atom stereocenters. The Labute approximate surface area is 159 Å². The van der Waals surface area contributed by atoms with Crippen LogP contribution in [-0.2, 0) is 22.6 Å². The second-order valence-corrected chi connectivity index (χ2v) is 9.77. The lowest BCUT2D eigenvalue weighted by Gasteiger charge is -2.33. The second kappa shape index (κ2) is 7.78. The molecule has 1 saturated heterocycles. The van der Waals surface area contributed by atoms with Gasteiger partial charge < -0.3 is 14.2 Å². The van der Waals surface area contributed by atoms with Gasteiger partial charge >= 0.3 is 6.09 Å². The molecule has 1 fully saturated rings. The van der Waals surface area contributed by atoms with Crippen molar-refractivity contribution >= 4 is 17.5 Å². The molecule has 7 nitrogen and oxygen atoms in total. The number of hydrogen-bond donors (Lipinski definition) is 1. The third kappa shape index (κ3) is 5.14. The van der Waals surface area contributed by atoms with E-state index in [9.17, 15) is 9.35 Å². The van der Waals surface area contributed by atoms with Gasteiger partial charge in [-0.15, -0.1) is 5.14 Å². The normalized spacial score (nSPS) is 21.1. The molecule has 8 heteroatoms. The zero-order valence-electron chi connectivity index (χ0n) is 16.7. The van der Waals surface area contributed by atoms with E-state index in [2.05, 4.69) is 18.9 Å². The number of aromatic nitrogens is 2. The summed E-state index contributed by atoms with van der Waals surface area (Å²) in [7, 11) is 0. The predicted molar refractivity (Wildman–Crippen MR) is 102 cm³/mol. The average molecular weight is 385 g/mol. The molecule has 0 aromatic carbocycles. The third-order valence-corrected chi connectivity index (χ3v) is 5.67. The van der Waals surface area contributed by atoms with E-state index in [0.717, 1.165) is 38.0 Å². The number of ether oxygens (including phenoxy) is 1. The van der Waals surface area contributed by atoms with Crippen LogP contribution in [0.1, 0.15) is 59.6 Å². The zero-order chi connectivity index (χ0) is 19.7. The molecule has 0 spiro atoms. The van der Waals surface area contributed by atoms with Crippen molar-refractivity contribution in [1.29, 1.82) is 0 Å². The van der Waals surface area contributed by atoms with E-state index < -0.39 is 17.0 Å². The van der Waals surface area contributed by atoms with Crippen molar-refractivity contribution in [2.24, 2.45) is 11.1 Å². The minimum Gasteiger partial charge on any atom is -0.593 e. The molecule has 0 bridgehead atoms. The zero-order valence-corrected chi connectivity index (χ0v) is 17.6. The maximum Gasteiger partial charge on any atom is 0.410 e. The third-order valence-electron chi connectivity index (χ3n) is 4.83. The Morgan fingerprint density at radius 2 is 2.15 bits per heavy atom. The molecule has 2 heterocycles. The van der Waals surface area contributed by atoms with Crippen LogP contribution in [0.15, 0.2) is 11.1 Å². The molecule has 2 N–H and O–H groups in total. The number of aryl methyl sites for hydroxylation is 1. The van der Waals surface area contributed by atoms with Crippen LogP contribution >= 0.6 is 0 Å². The quantitative estimate of drug-likeness (QED) is 0.787. The van der Waals surface area contributed by atoms with Crippen LogP contribution in [-0.4, -0.2) is 43.0 Å². The van der Waals surface area contributed by atoms with E-state index in [-0.39, 0.29) is 11.6 Å². The summed E-state index contributed by atoms with van der Waals surface area (Å²) >= 11 is -1.50. The number of rotatable bonds is 5. The maximum atomic E-state index is 12.5. The summed E-state index contributed by atoms with van der Waals surface area (Å²) in [5.74, 6) is 0.441. The van der Waals surface area contributed by atoms with Crippen molar-refractivity contribution in [3.05, 3.63) is 11.9 Å². The largest absolute Gasteiger partial charge is 0.593 e. The van der Waals surface area contributed by atoms with Gasteiger partial charge in [-0.3, -0.25) is 4.68 Å². The summed E-state index contributed by atoms with van der Waals surface area (Å²) < 4.78 is 18.8. The van der Waals surface area contributed by atoms with Crippen LogP contribution < -0.4 is 5.14 Å². The van der Waals surface area contributed by atoms with Crippen LogP contribution in [0.2, 0.25) is 0 Å². The molecule has 1 aromatic rings. The van der Waals surface area contributed by atoms with Gasteiger partial charge in [-0.1, -0.05) is 0 Å². The van der Waals surface area contributed by atoms with Crippen molar-refractivity contribution in [3.8, 4) is 0 Å². The lowest BCUT2D eigenvalue weighted by molar-refractivity contribution is 0.0131. The topological polar surface area (TPSA) is 96.4 Å². The van der Waals surface area contributed by atoms with Crippen LogP contribution in [0.4, 0.5) is 4.79 Å². The van der Waals surface area contributed by atoms with Gasteiger partial charge in [0.15, 0.2) is 0 Å². The Morgan fingerprint density at radius 3 is 2.69 bits per heavy atom. The summed E-state index contributed by atoms with van der Waals surface area (Å²) in [6.45, 7) is 13.2. The summed E-state index contributed by atoms with van der Waals surface area (Å²) in [6.07, 6.45) is 4.25. The second-order valence-electron chi connectivity index (χ2n) is 8.73. The van der Waals surface area contributed by atoms with Gasteiger partial charge in [-0.2, -0.15) is 5.10 Å². The molecule has 0 aliphatic carbocycles. The van der Waals surface area contributed by atoms with Crippen molar-refractivity contribution in [1.82, 2.24) is 14.7 Å². The first-order valence-electron chi connectivity index (χ1n) is 9.10. The lowest BCUT2D eigenvalue weighted by atomic mass is 9.93. The highest BCUT2D eigenvalue weighted by atomic mass is 32.2. The molecular weight excluding hydrogens is 352 g/mol. The van der Waals surface area contributed by atoms with Crippen molar-refractivity contribution < 1.29 is 14.1 Å². The Kier molecular flexibility index (Phi) is 6.30. The highest BCUT2D eigenvalue weighted by Gasteiger charge is 2.42. The number of nitrogens with two attached hydrogens (primary N) is 1. The van der Waals surface area contributed by atoms with Gasteiger partial charge in [0.2, 0.25) is 4.90 Å². The molecule has 1 aromatic heterocycles. The number of amides is 1. The van der Waals surface area contributed by atoms with Crippen LogP contribution in [0.5, 0.6) is 0 Å². The Bertz CT molecular complexity index is 637. The SMILES string of the molecule is Cc1c([S+](N)[O-])cnn1CCCC1CN(C(=O)OC(C)(C)C)C(C)(C)C1. The molecule has 0 radical (unpaired) electrons. The van der Waals surface area contributed by atoms with Gasteiger partial charge in [0.1, 0.15) is 11.8 Å². The van der Waals surface area contributed by atoms with Crippen LogP contribution in [0, 0.1) is 12.8 Å². The summed E-state index contributed by atoms with van der Waals surface area (Å²) in [4.78, 5) is 14.9. The fraction of sp³-hybridized carbons (Fsp3) is 0.778. The molecule has 0 saturated carbocycles. The highest BCUT2D eigenvalue weighted by Crippen LogP contribution is 2.36. The first kappa shape index (κ1) is 21.1. The van der Waals surface area contributed by atoms with Crippen LogP contribution in [0.25, 0.3) is 0 Å². The summed E-state index contributed by atoms with van der Waals surface area (Å²) in [6, 6.07) is 0. The van der Waals surface area contributed by atoms with Crippen molar-refractivity contribution in [2.75, 3.05) is 6.54 Å². The Hall–Kier alpha value is -1.25. The fourth-order valence-electron chi connectivity index (χ4n) is 3.60. The minimum atomic E-state index is -1.50. The molecule has 1 aliphatic rings. The lowest BCUT2D eigenvalue weighted by Crippen LogP contribution is -2.45. The van der Waals surface area contributed by atoms with E-state index in [0.29, 0.717) is 10.8 Å². The monoisotopic (exact) mass is 384 g/mol. The smallest absolute Gasteiger partial charge is 0.410 e. The van der Waals surface area contributed by atoms with Gasteiger partial charge in [0, 0.05) is 18.6 Å². The number of carbonyl (C=O) groups is 1. The van der Waals surface area contributed by atoms with E-state index in [1.807, 2.05) is 37.3 Å². The highest BCUT2D eigenvalue weighted by molar-refractivity contribution is 7.89. The van der Waals surface area contributed by atoms with E-state index in [1.165, 1.54) is 0 Å². The molecule has 1 amide bonds. The fourth-order valence-corrected chi connectivity index (χ4v) is 4.15. The molecule has 26 heavy (non-hydrogen) atoms. The maximum absolute atomic E-state index is 12.5. The Morgan fingerprint density at radius 1 is 1.50 bits per heavy atom. The summed E-state index contributed by atoms with van der Waals surface area (Å²) in [5, 5.41) is 9.72. The average Bonchev–Trinajstić information content (AvgIpc) is 2.97. The first-order chi connectivity index (χ1) is 11.9. The van der Waals surface area contributed by atoms with Gasteiger partial charge in [0.25, 0.3) is 0 Å². The number of carbonyl (C=O) groups excluding carboxylic acids is 1. The van der Waals surface area contributed by atoms with E-state index >= 15 is 0 Å². The minimum absolute atomic E-state index is 0.196. The molecule has 148 valence electrons. The molecular formula is C18H32N4O3S. The standard InChI is InChI=1S/C18H32N4O3S/c1-13-15(26(19)24)11-20-22(13)9-7-8-14-10-18(5,6)21(12-14)16(23)25-17(2,3)4/h11,14H,7-10,12,19H2,1-6H3. The Balaban J connectivity index is 1.89. The molecule has 1 aliphatic heterocycles. The summed E-state index contributed by atoms with van der Waals surface area (Å²) in [5.41, 5.74) is 0.176. The van der Waals surface area contributed by atoms with Crippen molar-refractivity contribution in [3.63, 3.8) is 0 Å². The number of likely N-dealkylation sites (tertiary alicyclic amines) is 1. The van der Waals surface area contributed by atoms with Crippen molar-refractivity contribution in [2.45, 2.75) is 83.4 Å². The molecule has 2 rings (SSSR count). The van der Waals surface area contributed by atoms with Gasteiger partial charge in [0.05, 0.1) is 17.1 Å².